The number of anilines is 4. The molecule has 0 saturated heterocycles. The molecule has 29 heavy (non-hydrogen) atoms. The highest BCUT2D eigenvalue weighted by molar-refractivity contribution is 5.96. The second-order valence-corrected chi connectivity index (χ2v) is 5.85. The predicted molar refractivity (Wildman–Crippen MR) is 111 cm³/mol. The first-order chi connectivity index (χ1) is 14.1. The lowest BCUT2D eigenvalue weighted by atomic mass is 10.2. The lowest BCUT2D eigenvalue weighted by molar-refractivity contribution is 0.0527. The van der Waals surface area contributed by atoms with Crippen molar-refractivity contribution >= 4 is 29.1 Å². The van der Waals surface area contributed by atoms with E-state index in [4.69, 9.17) is 14.2 Å². The van der Waals surface area contributed by atoms with E-state index in [0.29, 0.717) is 46.8 Å². The van der Waals surface area contributed by atoms with Gasteiger partial charge in [-0.2, -0.15) is 4.98 Å². The van der Waals surface area contributed by atoms with Crippen molar-refractivity contribution in [2.24, 2.45) is 0 Å². The molecule has 8 nitrogen and oxygen atoms in total. The fourth-order valence-electron chi connectivity index (χ4n) is 2.63. The summed E-state index contributed by atoms with van der Waals surface area (Å²) in [4.78, 5) is 20.9. The normalized spacial score (nSPS) is 10.2. The topological polar surface area (TPSA) is 94.6 Å². The maximum Gasteiger partial charge on any atom is 0.340 e. The largest absolute Gasteiger partial charge is 0.497 e. The van der Waals surface area contributed by atoms with Gasteiger partial charge in [-0.15, -0.1) is 0 Å². The molecule has 0 saturated carbocycles. The average molecular weight is 394 g/mol. The molecule has 0 fully saturated rings. The van der Waals surface area contributed by atoms with E-state index in [9.17, 15) is 4.79 Å². The number of hydrogen-bond acceptors (Lipinski definition) is 8. The molecule has 2 aromatic carbocycles. The third-order valence-corrected chi connectivity index (χ3v) is 4.00. The number of rotatable bonds is 8. The van der Waals surface area contributed by atoms with Crippen LogP contribution in [-0.4, -0.2) is 36.8 Å². The van der Waals surface area contributed by atoms with Crippen LogP contribution in [0.1, 0.15) is 17.3 Å². The number of carbonyl (C=O) groups is 1. The molecule has 0 aliphatic rings. The Bertz CT molecular complexity index is 994. The van der Waals surface area contributed by atoms with Crippen LogP contribution in [0.4, 0.5) is 23.1 Å². The molecule has 150 valence electrons. The van der Waals surface area contributed by atoms with Gasteiger partial charge in [0.2, 0.25) is 5.95 Å². The van der Waals surface area contributed by atoms with Crippen molar-refractivity contribution < 1.29 is 19.0 Å². The molecule has 2 N–H and O–H groups in total. The first-order valence-corrected chi connectivity index (χ1v) is 9.00. The number of esters is 1. The van der Waals surface area contributed by atoms with Gasteiger partial charge < -0.3 is 24.8 Å². The van der Waals surface area contributed by atoms with Gasteiger partial charge in [0.1, 0.15) is 17.3 Å². The van der Waals surface area contributed by atoms with Crippen molar-refractivity contribution in [2.45, 2.75) is 6.92 Å². The summed E-state index contributed by atoms with van der Waals surface area (Å²) in [5, 5.41) is 6.27. The Hall–Kier alpha value is -3.81. The van der Waals surface area contributed by atoms with Gasteiger partial charge in [0.15, 0.2) is 0 Å². The lowest BCUT2D eigenvalue weighted by Crippen LogP contribution is -2.08. The Labute approximate surface area is 168 Å². The molecular weight excluding hydrogens is 372 g/mol. The highest BCUT2D eigenvalue weighted by atomic mass is 16.5. The molecule has 0 radical (unpaired) electrons. The quantitative estimate of drug-likeness (QED) is 0.550. The lowest BCUT2D eigenvalue weighted by Gasteiger charge is -2.13. The van der Waals surface area contributed by atoms with Gasteiger partial charge in [-0.25, -0.2) is 9.78 Å². The van der Waals surface area contributed by atoms with Crippen LogP contribution in [0.3, 0.4) is 0 Å². The minimum atomic E-state index is -0.397. The molecule has 0 aliphatic heterocycles. The minimum absolute atomic E-state index is 0.304. The third kappa shape index (κ3) is 4.92. The van der Waals surface area contributed by atoms with E-state index in [1.807, 2.05) is 18.2 Å². The van der Waals surface area contributed by atoms with Crippen LogP contribution in [0.5, 0.6) is 11.5 Å². The SMILES string of the molecule is CCOC(=O)c1ccccc1Nc1ccnc(Nc2ccc(OC)cc2OC)n1. The summed E-state index contributed by atoms with van der Waals surface area (Å²) in [7, 11) is 3.17. The summed E-state index contributed by atoms with van der Waals surface area (Å²) >= 11 is 0. The van der Waals surface area contributed by atoms with Crippen molar-refractivity contribution in [2.75, 3.05) is 31.5 Å². The molecule has 0 unspecified atom stereocenters. The number of nitrogens with zero attached hydrogens (tertiary/aromatic N) is 2. The Morgan fingerprint density at radius 3 is 2.59 bits per heavy atom. The number of hydrogen-bond donors (Lipinski definition) is 2. The van der Waals surface area contributed by atoms with E-state index in [-0.39, 0.29) is 0 Å². The fraction of sp³-hybridized carbons (Fsp3) is 0.190. The van der Waals surface area contributed by atoms with Crippen molar-refractivity contribution in [3.05, 3.63) is 60.3 Å². The van der Waals surface area contributed by atoms with Crippen LogP contribution in [0.15, 0.2) is 54.7 Å². The second-order valence-electron chi connectivity index (χ2n) is 5.85. The molecule has 1 aromatic heterocycles. The molecule has 0 spiro atoms. The maximum atomic E-state index is 12.2. The van der Waals surface area contributed by atoms with Gasteiger partial charge in [0.25, 0.3) is 0 Å². The third-order valence-electron chi connectivity index (χ3n) is 4.00. The van der Waals surface area contributed by atoms with Crippen molar-refractivity contribution in [1.82, 2.24) is 9.97 Å². The Morgan fingerprint density at radius 1 is 1.00 bits per heavy atom. The summed E-state index contributed by atoms with van der Waals surface area (Å²) in [6, 6.07) is 14.2. The smallest absolute Gasteiger partial charge is 0.340 e. The van der Waals surface area contributed by atoms with Crippen LogP contribution >= 0.6 is 0 Å². The molecule has 3 aromatic rings. The number of ether oxygens (including phenoxy) is 3. The highest BCUT2D eigenvalue weighted by Crippen LogP contribution is 2.31. The van der Waals surface area contributed by atoms with E-state index in [1.54, 1.807) is 57.7 Å². The van der Waals surface area contributed by atoms with Crippen molar-refractivity contribution in [1.29, 1.82) is 0 Å². The Morgan fingerprint density at radius 2 is 1.83 bits per heavy atom. The number of methoxy groups -OCH3 is 2. The Kier molecular flexibility index (Phi) is 6.47. The first kappa shape index (κ1) is 19.9. The van der Waals surface area contributed by atoms with Crippen LogP contribution in [-0.2, 0) is 4.74 Å². The summed E-state index contributed by atoms with van der Waals surface area (Å²) in [5.74, 6) is 1.77. The van der Waals surface area contributed by atoms with Crippen molar-refractivity contribution in [3.8, 4) is 11.5 Å². The highest BCUT2D eigenvalue weighted by Gasteiger charge is 2.13. The average Bonchev–Trinajstić information content (AvgIpc) is 2.75. The number of aromatic nitrogens is 2. The van der Waals surface area contributed by atoms with Gasteiger partial charge in [-0.1, -0.05) is 12.1 Å². The molecule has 8 heteroatoms. The van der Waals surface area contributed by atoms with Crippen LogP contribution in [0, 0.1) is 0 Å². The maximum absolute atomic E-state index is 12.2. The summed E-state index contributed by atoms with van der Waals surface area (Å²) < 4.78 is 15.7. The standard InChI is InChI=1S/C21H22N4O4/c1-4-29-20(26)15-7-5-6-8-16(15)23-19-11-12-22-21(25-19)24-17-10-9-14(27-2)13-18(17)28-3/h5-13H,4H2,1-3H3,(H2,22,23,24,25). The van der Waals surface area contributed by atoms with Gasteiger partial charge in [-0.3, -0.25) is 0 Å². The number of para-hydroxylation sites is 1. The van der Waals surface area contributed by atoms with E-state index in [1.165, 1.54) is 0 Å². The zero-order chi connectivity index (χ0) is 20.6. The molecule has 0 atom stereocenters. The van der Waals surface area contributed by atoms with Crippen LogP contribution < -0.4 is 20.1 Å². The van der Waals surface area contributed by atoms with Gasteiger partial charge >= 0.3 is 5.97 Å². The monoisotopic (exact) mass is 394 g/mol. The number of nitrogens with one attached hydrogen (secondary N) is 2. The molecular formula is C21H22N4O4. The first-order valence-electron chi connectivity index (χ1n) is 9.00. The van der Waals surface area contributed by atoms with Crippen molar-refractivity contribution in [3.63, 3.8) is 0 Å². The Balaban J connectivity index is 1.82. The molecule has 3 rings (SSSR count). The van der Waals surface area contributed by atoms with E-state index < -0.39 is 5.97 Å². The second kappa shape index (κ2) is 9.41. The van der Waals surface area contributed by atoms with Gasteiger partial charge in [0.05, 0.1) is 37.8 Å². The molecule has 0 aliphatic carbocycles. The fourth-order valence-corrected chi connectivity index (χ4v) is 2.63. The molecule has 0 amide bonds. The zero-order valence-corrected chi connectivity index (χ0v) is 16.4. The van der Waals surface area contributed by atoms with E-state index >= 15 is 0 Å². The van der Waals surface area contributed by atoms with Gasteiger partial charge in [-0.05, 0) is 37.3 Å². The summed E-state index contributed by atoms with van der Waals surface area (Å²) in [6.07, 6.45) is 1.61. The summed E-state index contributed by atoms with van der Waals surface area (Å²) in [5.41, 5.74) is 1.72. The number of benzene rings is 2. The number of carbonyl (C=O) groups excluding carboxylic acids is 1. The van der Waals surface area contributed by atoms with Crippen LogP contribution in [0.25, 0.3) is 0 Å². The van der Waals surface area contributed by atoms with E-state index in [2.05, 4.69) is 20.6 Å². The molecule has 1 heterocycles. The van der Waals surface area contributed by atoms with Crippen LogP contribution in [0.2, 0.25) is 0 Å². The van der Waals surface area contributed by atoms with Gasteiger partial charge in [0, 0.05) is 12.3 Å². The predicted octanol–water partition coefficient (Wildman–Crippen LogP) is 4.16. The zero-order valence-electron chi connectivity index (χ0n) is 16.4. The van der Waals surface area contributed by atoms with E-state index in [0.717, 1.165) is 0 Å². The molecule has 0 bridgehead atoms. The minimum Gasteiger partial charge on any atom is -0.497 e. The summed E-state index contributed by atoms with van der Waals surface area (Å²) in [6.45, 7) is 2.07.